The molecule has 0 amide bonds. The normalized spacial score (nSPS) is 18.1. The molecule has 1 heterocycles. The van der Waals surface area contributed by atoms with E-state index in [-0.39, 0.29) is 6.04 Å². The van der Waals surface area contributed by atoms with E-state index in [1.54, 1.807) is 0 Å². The summed E-state index contributed by atoms with van der Waals surface area (Å²) < 4.78 is 28.9. The highest BCUT2D eigenvalue weighted by Gasteiger charge is 2.26. The summed E-state index contributed by atoms with van der Waals surface area (Å²) in [7, 11) is -3.38. The quantitative estimate of drug-likeness (QED) is 0.944. The van der Waals surface area contributed by atoms with Crippen molar-refractivity contribution in [3.05, 3.63) is 48.0 Å². The van der Waals surface area contributed by atoms with Crippen molar-refractivity contribution in [1.29, 1.82) is 0 Å². The average Bonchev–Trinajstić information content (AvgIpc) is 3.01. The molecule has 1 aliphatic rings. The average molecular weight is 304 g/mol. The summed E-state index contributed by atoms with van der Waals surface area (Å²) in [6, 6.07) is 13.9. The first-order valence-corrected chi connectivity index (χ1v) is 8.76. The second-order valence-corrected chi connectivity index (χ2v) is 7.26. The van der Waals surface area contributed by atoms with E-state index in [0.29, 0.717) is 13.1 Å². The van der Waals surface area contributed by atoms with Gasteiger partial charge in [-0.15, -0.1) is 0 Å². The topological polar surface area (TPSA) is 49.4 Å². The molecule has 112 valence electrons. The van der Waals surface area contributed by atoms with Gasteiger partial charge in [-0.05, 0) is 42.2 Å². The molecule has 1 saturated heterocycles. The van der Waals surface area contributed by atoms with Crippen molar-refractivity contribution in [2.24, 2.45) is 0 Å². The standard InChI is InChI=1S/C16H20N2O2S/c1-13(17-21(19,20)18-10-4-5-11-18)15-9-8-14-6-2-3-7-16(14)12-15/h2-3,6-9,12-13,17H,4-5,10-11H2,1H3. The smallest absolute Gasteiger partial charge is 0.195 e. The molecule has 3 rings (SSSR count). The highest BCUT2D eigenvalue weighted by atomic mass is 32.2. The summed E-state index contributed by atoms with van der Waals surface area (Å²) in [4.78, 5) is 0. The molecular formula is C16H20N2O2S. The fourth-order valence-corrected chi connectivity index (χ4v) is 4.24. The van der Waals surface area contributed by atoms with Gasteiger partial charge in [-0.25, -0.2) is 0 Å². The molecule has 1 fully saturated rings. The van der Waals surface area contributed by atoms with Crippen molar-refractivity contribution in [2.45, 2.75) is 25.8 Å². The highest BCUT2D eigenvalue weighted by molar-refractivity contribution is 7.87. The van der Waals surface area contributed by atoms with Crippen LogP contribution in [-0.2, 0) is 10.2 Å². The second kappa shape index (κ2) is 5.75. The van der Waals surface area contributed by atoms with Gasteiger partial charge < -0.3 is 0 Å². The number of nitrogens with one attached hydrogen (secondary N) is 1. The maximum absolute atomic E-state index is 12.3. The molecule has 0 bridgehead atoms. The van der Waals surface area contributed by atoms with Crippen LogP contribution in [0.25, 0.3) is 10.8 Å². The Morgan fingerprint density at radius 1 is 1.05 bits per heavy atom. The Morgan fingerprint density at radius 3 is 2.43 bits per heavy atom. The van der Waals surface area contributed by atoms with Crippen molar-refractivity contribution >= 4 is 21.0 Å². The molecule has 21 heavy (non-hydrogen) atoms. The van der Waals surface area contributed by atoms with Gasteiger partial charge in [-0.1, -0.05) is 36.4 Å². The second-order valence-electron chi connectivity index (χ2n) is 5.56. The Bertz CT molecular complexity index is 737. The molecule has 1 unspecified atom stereocenters. The van der Waals surface area contributed by atoms with Crippen LogP contribution in [0.5, 0.6) is 0 Å². The van der Waals surface area contributed by atoms with Gasteiger partial charge in [0.05, 0.1) is 0 Å². The largest absolute Gasteiger partial charge is 0.279 e. The van der Waals surface area contributed by atoms with Crippen LogP contribution in [0, 0.1) is 0 Å². The predicted octanol–water partition coefficient (Wildman–Crippen LogP) is 2.83. The number of benzene rings is 2. The van der Waals surface area contributed by atoms with E-state index in [9.17, 15) is 8.42 Å². The van der Waals surface area contributed by atoms with E-state index in [2.05, 4.69) is 10.8 Å². The van der Waals surface area contributed by atoms with Gasteiger partial charge in [-0.3, -0.25) is 0 Å². The minimum absolute atomic E-state index is 0.236. The van der Waals surface area contributed by atoms with Crippen LogP contribution in [0.1, 0.15) is 31.4 Å². The van der Waals surface area contributed by atoms with Crippen LogP contribution in [0.4, 0.5) is 0 Å². The third-order valence-electron chi connectivity index (χ3n) is 4.00. The summed E-state index contributed by atoms with van der Waals surface area (Å²) in [5.41, 5.74) is 0.983. The van der Waals surface area contributed by atoms with Gasteiger partial charge in [0.1, 0.15) is 0 Å². The predicted molar refractivity (Wildman–Crippen MR) is 85.2 cm³/mol. The van der Waals surface area contributed by atoms with E-state index < -0.39 is 10.2 Å². The molecule has 2 aromatic rings. The molecule has 2 aromatic carbocycles. The number of hydrogen-bond acceptors (Lipinski definition) is 2. The van der Waals surface area contributed by atoms with Crippen LogP contribution < -0.4 is 4.72 Å². The minimum atomic E-state index is -3.38. The number of hydrogen-bond donors (Lipinski definition) is 1. The molecule has 0 aromatic heterocycles. The van der Waals surface area contributed by atoms with Crippen molar-refractivity contribution < 1.29 is 8.42 Å². The minimum Gasteiger partial charge on any atom is -0.195 e. The van der Waals surface area contributed by atoms with E-state index in [1.807, 2.05) is 43.3 Å². The molecule has 0 radical (unpaired) electrons. The van der Waals surface area contributed by atoms with E-state index >= 15 is 0 Å². The maximum atomic E-state index is 12.3. The summed E-state index contributed by atoms with van der Waals surface area (Å²) in [6.45, 7) is 3.14. The zero-order chi connectivity index (χ0) is 14.9. The molecular weight excluding hydrogens is 284 g/mol. The summed E-state index contributed by atoms with van der Waals surface area (Å²) >= 11 is 0. The van der Waals surface area contributed by atoms with Gasteiger partial charge >= 0.3 is 0 Å². The lowest BCUT2D eigenvalue weighted by Crippen LogP contribution is -2.40. The lowest BCUT2D eigenvalue weighted by Gasteiger charge is -2.20. The first-order valence-electron chi connectivity index (χ1n) is 7.32. The fraction of sp³-hybridized carbons (Fsp3) is 0.375. The third-order valence-corrected chi connectivity index (χ3v) is 5.70. The molecule has 1 aliphatic heterocycles. The maximum Gasteiger partial charge on any atom is 0.279 e. The molecule has 0 aliphatic carbocycles. The lowest BCUT2D eigenvalue weighted by molar-refractivity contribution is 0.457. The highest BCUT2D eigenvalue weighted by Crippen LogP contribution is 2.22. The summed E-state index contributed by atoms with van der Waals surface area (Å²) in [5, 5.41) is 2.29. The van der Waals surface area contributed by atoms with E-state index in [0.717, 1.165) is 29.2 Å². The SMILES string of the molecule is CC(NS(=O)(=O)N1CCCC1)c1ccc2ccccc2c1. The van der Waals surface area contributed by atoms with E-state index in [1.165, 1.54) is 4.31 Å². The van der Waals surface area contributed by atoms with E-state index in [4.69, 9.17) is 0 Å². The molecule has 5 heteroatoms. The van der Waals surface area contributed by atoms with Gasteiger partial charge in [0, 0.05) is 19.1 Å². The number of nitrogens with zero attached hydrogens (tertiary/aromatic N) is 1. The Hall–Kier alpha value is -1.43. The first-order chi connectivity index (χ1) is 10.1. The van der Waals surface area contributed by atoms with Crippen LogP contribution in [0.3, 0.4) is 0 Å². The van der Waals surface area contributed by atoms with Crippen LogP contribution in [-0.4, -0.2) is 25.8 Å². The monoisotopic (exact) mass is 304 g/mol. The van der Waals surface area contributed by atoms with Crippen molar-refractivity contribution in [2.75, 3.05) is 13.1 Å². The van der Waals surface area contributed by atoms with Crippen LogP contribution >= 0.6 is 0 Å². The molecule has 4 nitrogen and oxygen atoms in total. The van der Waals surface area contributed by atoms with Gasteiger partial charge in [0.15, 0.2) is 0 Å². The van der Waals surface area contributed by atoms with Crippen LogP contribution in [0.2, 0.25) is 0 Å². The third kappa shape index (κ3) is 3.10. The van der Waals surface area contributed by atoms with Crippen molar-refractivity contribution in [3.8, 4) is 0 Å². The Kier molecular flexibility index (Phi) is 3.97. The van der Waals surface area contributed by atoms with Crippen molar-refractivity contribution in [3.63, 3.8) is 0 Å². The Balaban J connectivity index is 1.81. The zero-order valence-corrected chi connectivity index (χ0v) is 12.9. The zero-order valence-electron chi connectivity index (χ0n) is 12.1. The summed E-state index contributed by atoms with van der Waals surface area (Å²) in [5.74, 6) is 0. The molecule has 1 atom stereocenters. The lowest BCUT2D eigenvalue weighted by atomic mass is 10.0. The van der Waals surface area contributed by atoms with Gasteiger partial charge in [0.2, 0.25) is 0 Å². The number of rotatable bonds is 4. The summed E-state index contributed by atoms with van der Waals surface area (Å²) in [6.07, 6.45) is 1.90. The van der Waals surface area contributed by atoms with Crippen LogP contribution in [0.15, 0.2) is 42.5 Å². The van der Waals surface area contributed by atoms with Gasteiger partial charge in [0.25, 0.3) is 10.2 Å². The van der Waals surface area contributed by atoms with Crippen molar-refractivity contribution in [1.82, 2.24) is 9.03 Å². The fourth-order valence-electron chi connectivity index (χ4n) is 2.77. The van der Waals surface area contributed by atoms with Gasteiger partial charge in [-0.2, -0.15) is 17.4 Å². The molecule has 0 spiro atoms. The molecule has 1 N–H and O–H groups in total. The molecule has 0 saturated carbocycles. The number of fused-ring (bicyclic) bond motifs is 1. The Morgan fingerprint density at radius 2 is 1.71 bits per heavy atom. The first kappa shape index (κ1) is 14.5. The Labute approximate surface area is 126 Å².